The lowest BCUT2D eigenvalue weighted by Crippen LogP contribution is -2.44. The molecule has 2 aliphatic rings. The normalized spacial score (nSPS) is 19.9. The molecule has 0 spiro atoms. The van der Waals surface area contributed by atoms with Crippen molar-refractivity contribution < 1.29 is 13.2 Å². The van der Waals surface area contributed by atoms with Crippen LogP contribution in [0.4, 0.5) is 17.2 Å². The molecule has 172 valence electrons. The van der Waals surface area contributed by atoms with Gasteiger partial charge in [-0.15, -0.1) is 0 Å². The fraction of sp³-hybridized carbons (Fsp3) is 0.333. The zero-order valence-electron chi connectivity index (χ0n) is 18.4. The van der Waals surface area contributed by atoms with Gasteiger partial charge in [-0.25, -0.2) is 18.4 Å². The summed E-state index contributed by atoms with van der Waals surface area (Å²) >= 11 is 0. The van der Waals surface area contributed by atoms with Crippen molar-refractivity contribution in [3.63, 3.8) is 0 Å². The monoisotopic (exact) mass is 465 g/mol. The predicted molar refractivity (Wildman–Crippen MR) is 128 cm³/mol. The van der Waals surface area contributed by atoms with Gasteiger partial charge in [-0.2, -0.15) is 0 Å². The number of nitrogens with two attached hydrogens (primary N) is 2. The van der Waals surface area contributed by atoms with Crippen molar-refractivity contribution in [2.75, 3.05) is 36.1 Å². The third-order valence-electron chi connectivity index (χ3n) is 6.42. The summed E-state index contributed by atoms with van der Waals surface area (Å²) in [6, 6.07) is 15.6. The first-order valence-electron chi connectivity index (χ1n) is 11.0. The molecule has 4 N–H and O–H groups in total. The van der Waals surface area contributed by atoms with E-state index in [1.165, 1.54) is 0 Å². The number of hydrogen-bond donors (Lipinski definition) is 2. The summed E-state index contributed by atoms with van der Waals surface area (Å²) in [7, 11) is -3.67. The highest BCUT2D eigenvalue weighted by Gasteiger charge is 2.58. The number of anilines is 3. The Morgan fingerprint density at radius 1 is 1.00 bits per heavy atom. The van der Waals surface area contributed by atoms with Crippen LogP contribution in [0.25, 0.3) is 11.4 Å². The minimum absolute atomic E-state index is 0.115. The maximum Gasteiger partial charge on any atom is 0.189 e. The fourth-order valence-electron chi connectivity index (χ4n) is 4.29. The SMILES string of the molecule is C[C@H]1COCCN1c1cc(C2(S(=O)(=O)c3ccc(N)cc3)CC2)nc(-c2ccc(N)cc2)n1. The van der Waals surface area contributed by atoms with Crippen LogP contribution in [0.5, 0.6) is 0 Å². The van der Waals surface area contributed by atoms with Crippen LogP contribution in [0.2, 0.25) is 0 Å². The van der Waals surface area contributed by atoms with Gasteiger partial charge in [0.15, 0.2) is 15.7 Å². The van der Waals surface area contributed by atoms with Gasteiger partial charge in [-0.1, -0.05) is 0 Å². The summed E-state index contributed by atoms with van der Waals surface area (Å²) < 4.78 is 32.0. The minimum Gasteiger partial charge on any atom is -0.399 e. The molecule has 2 heterocycles. The molecule has 1 saturated heterocycles. The third-order valence-corrected chi connectivity index (χ3v) is 8.96. The molecular weight excluding hydrogens is 438 g/mol. The summed E-state index contributed by atoms with van der Waals surface area (Å²) in [4.78, 5) is 12.0. The molecule has 1 aromatic heterocycles. The molecule has 8 nitrogen and oxygen atoms in total. The van der Waals surface area contributed by atoms with Crippen molar-refractivity contribution in [1.29, 1.82) is 0 Å². The van der Waals surface area contributed by atoms with E-state index in [4.69, 9.17) is 26.2 Å². The van der Waals surface area contributed by atoms with E-state index < -0.39 is 14.6 Å². The minimum atomic E-state index is -3.67. The molecule has 0 bridgehead atoms. The summed E-state index contributed by atoms with van der Waals surface area (Å²) in [5.74, 6) is 1.20. The predicted octanol–water partition coefficient (Wildman–Crippen LogP) is 3.00. The van der Waals surface area contributed by atoms with Crippen LogP contribution in [-0.4, -0.2) is 44.2 Å². The highest BCUT2D eigenvalue weighted by molar-refractivity contribution is 7.92. The van der Waals surface area contributed by atoms with Crippen LogP contribution in [0, 0.1) is 0 Å². The van der Waals surface area contributed by atoms with Gasteiger partial charge in [0.05, 0.1) is 29.8 Å². The molecular formula is C24H27N5O3S. The molecule has 2 aromatic carbocycles. The Kier molecular flexibility index (Phi) is 5.25. The molecule has 5 rings (SSSR count). The van der Waals surface area contributed by atoms with Gasteiger partial charge in [0.1, 0.15) is 10.6 Å². The number of benzene rings is 2. The van der Waals surface area contributed by atoms with Gasteiger partial charge in [0.2, 0.25) is 0 Å². The van der Waals surface area contributed by atoms with Gasteiger partial charge >= 0.3 is 0 Å². The number of aromatic nitrogens is 2. The van der Waals surface area contributed by atoms with E-state index in [1.807, 2.05) is 18.2 Å². The average Bonchev–Trinajstić information content (AvgIpc) is 3.63. The Morgan fingerprint density at radius 3 is 2.24 bits per heavy atom. The molecule has 0 unspecified atom stereocenters. The Hall–Kier alpha value is -3.17. The van der Waals surface area contributed by atoms with Crippen molar-refractivity contribution in [3.05, 3.63) is 60.3 Å². The number of morpholine rings is 1. The maximum atomic E-state index is 13.7. The number of nitrogen functional groups attached to an aromatic ring is 2. The van der Waals surface area contributed by atoms with Crippen molar-refractivity contribution in [1.82, 2.24) is 9.97 Å². The first kappa shape index (κ1) is 21.7. The molecule has 1 aliphatic carbocycles. The Bertz CT molecular complexity index is 1270. The smallest absolute Gasteiger partial charge is 0.189 e. The van der Waals surface area contributed by atoms with Gasteiger partial charge in [-0.05, 0) is 68.3 Å². The maximum absolute atomic E-state index is 13.7. The summed E-state index contributed by atoms with van der Waals surface area (Å²) in [6.45, 7) is 3.93. The molecule has 33 heavy (non-hydrogen) atoms. The average molecular weight is 466 g/mol. The zero-order valence-corrected chi connectivity index (χ0v) is 19.3. The molecule has 1 saturated carbocycles. The quantitative estimate of drug-likeness (QED) is 0.551. The van der Waals surface area contributed by atoms with Crippen LogP contribution in [0.15, 0.2) is 59.5 Å². The van der Waals surface area contributed by atoms with Gasteiger partial charge in [-0.3, -0.25) is 0 Å². The lowest BCUT2D eigenvalue weighted by molar-refractivity contribution is 0.0985. The largest absolute Gasteiger partial charge is 0.399 e. The second-order valence-corrected chi connectivity index (χ2v) is 11.0. The number of nitrogens with zero attached hydrogens (tertiary/aromatic N) is 3. The highest BCUT2D eigenvalue weighted by atomic mass is 32.2. The third kappa shape index (κ3) is 3.81. The topological polar surface area (TPSA) is 124 Å². The van der Waals surface area contributed by atoms with Crippen LogP contribution in [0.3, 0.4) is 0 Å². The molecule has 0 amide bonds. The van der Waals surface area contributed by atoms with E-state index in [1.54, 1.807) is 36.4 Å². The van der Waals surface area contributed by atoms with Crippen molar-refractivity contribution in [2.24, 2.45) is 0 Å². The van der Waals surface area contributed by atoms with Crippen LogP contribution >= 0.6 is 0 Å². The van der Waals surface area contributed by atoms with E-state index >= 15 is 0 Å². The van der Waals surface area contributed by atoms with Gasteiger partial charge in [0.25, 0.3) is 0 Å². The number of ether oxygens (including phenoxy) is 1. The number of hydrogen-bond acceptors (Lipinski definition) is 8. The molecule has 2 fully saturated rings. The second-order valence-electron chi connectivity index (χ2n) is 8.74. The summed E-state index contributed by atoms with van der Waals surface area (Å²) in [5, 5.41) is 0. The standard InChI is InChI=1S/C24H27N5O3S/c1-16-15-32-13-12-29(16)22-14-21(27-23(28-22)17-2-4-18(25)5-3-17)24(10-11-24)33(30,31)20-8-6-19(26)7-9-20/h2-9,14,16H,10-13,15,25-26H2,1H3/t16-/m0/s1. The van der Waals surface area contributed by atoms with Gasteiger partial charge in [0, 0.05) is 29.5 Å². The zero-order chi connectivity index (χ0) is 23.2. The van der Waals surface area contributed by atoms with E-state index in [2.05, 4.69) is 11.8 Å². The van der Waals surface area contributed by atoms with E-state index in [0.29, 0.717) is 61.3 Å². The van der Waals surface area contributed by atoms with Crippen molar-refractivity contribution >= 4 is 27.0 Å². The number of sulfone groups is 1. The molecule has 9 heteroatoms. The van der Waals surface area contributed by atoms with Crippen molar-refractivity contribution in [2.45, 2.75) is 35.4 Å². The fourth-order valence-corrected chi connectivity index (χ4v) is 6.26. The Labute approximate surface area is 193 Å². The summed E-state index contributed by atoms with van der Waals surface area (Å²) in [6.07, 6.45) is 1.02. The van der Waals surface area contributed by atoms with E-state index in [0.717, 1.165) is 5.56 Å². The molecule has 0 radical (unpaired) electrons. The highest BCUT2D eigenvalue weighted by Crippen LogP contribution is 2.55. The lowest BCUT2D eigenvalue weighted by Gasteiger charge is -2.34. The number of rotatable bonds is 5. The van der Waals surface area contributed by atoms with E-state index in [-0.39, 0.29) is 10.9 Å². The lowest BCUT2D eigenvalue weighted by atomic mass is 10.1. The van der Waals surface area contributed by atoms with Gasteiger partial charge < -0.3 is 21.1 Å². The van der Waals surface area contributed by atoms with Crippen molar-refractivity contribution in [3.8, 4) is 11.4 Å². The second kappa shape index (κ2) is 8.00. The summed E-state index contributed by atoms with van der Waals surface area (Å²) in [5.41, 5.74) is 14.1. The molecule has 3 aromatic rings. The first-order valence-corrected chi connectivity index (χ1v) is 12.5. The van der Waals surface area contributed by atoms with Crippen LogP contribution in [-0.2, 0) is 19.3 Å². The first-order chi connectivity index (χ1) is 15.8. The Morgan fingerprint density at radius 2 is 1.64 bits per heavy atom. The van der Waals surface area contributed by atoms with Crippen LogP contribution in [0.1, 0.15) is 25.5 Å². The Balaban J connectivity index is 1.64. The van der Waals surface area contributed by atoms with Crippen LogP contribution < -0.4 is 16.4 Å². The van der Waals surface area contributed by atoms with E-state index in [9.17, 15) is 8.42 Å². The molecule has 1 atom stereocenters. The molecule has 1 aliphatic heterocycles.